The number of carbonyl (C=O) groups is 13. The van der Waals surface area contributed by atoms with Crippen LogP contribution in [-0.4, -0.2) is 198 Å². The molecular formula is C63H98N18O13S. The molecule has 2 aliphatic rings. The molecule has 0 radical (unpaired) electrons. The number of hydrogen-bond acceptors (Lipinski definition) is 17. The van der Waals surface area contributed by atoms with Crippen LogP contribution in [0.25, 0.3) is 0 Å². The van der Waals surface area contributed by atoms with Crippen LogP contribution in [0.3, 0.4) is 0 Å². The molecule has 31 nitrogen and oxygen atoms in total. The van der Waals surface area contributed by atoms with Crippen LogP contribution in [0.2, 0.25) is 0 Å². The molecule has 2 aliphatic heterocycles. The number of rotatable bonds is 42. The van der Waals surface area contributed by atoms with Gasteiger partial charge in [0, 0.05) is 45.3 Å². The number of carbonyl (C=O) groups excluding carboxylic acids is 13. The fraction of sp³-hybridized carbons (Fsp3) is 0.587. The van der Waals surface area contributed by atoms with Crippen molar-refractivity contribution in [2.45, 2.75) is 183 Å². The lowest BCUT2D eigenvalue weighted by Gasteiger charge is -2.32. The molecule has 0 unspecified atom stereocenters. The molecule has 10 atom stereocenters. The van der Waals surface area contributed by atoms with Gasteiger partial charge in [0.05, 0.1) is 12.6 Å². The number of hydrogen-bond donors (Lipinski definition) is 15. The summed E-state index contributed by atoms with van der Waals surface area (Å²) in [7, 11) is 0. The predicted octanol–water partition coefficient (Wildman–Crippen LogP) is -3.71. The van der Waals surface area contributed by atoms with Gasteiger partial charge in [0.15, 0.2) is 5.96 Å². The summed E-state index contributed by atoms with van der Waals surface area (Å²) in [6, 6.07) is 4.51. The third kappa shape index (κ3) is 27.5. The molecule has 0 bridgehead atoms. The maximum atomic E-state index is 14.7. The smallest absolute Gasteiger partial charge is 0.245 e. The summed E-state index contributed by atoms with van der Waals surface area (Å²) in [4.78, 5) is 185. The summed E-state index contributed by atoms with van der Waals surface area (Å²) in [5.74, 6) is -9.80. The number of benzene rings is 2. The van der Waals surface area contributed by atoms with Gasteiger partial charge in [-0.2, -0.15) is 11.8 Å². The molecule has 0 aromatic heterocycles. The molecule has 2 aromatic rings. The molecule has 0 saturated carbocycles. The van der Waals surface area contributed by atoms with Crippen molar-refractivity contribution < 1.29 is 62.3 Å². The molecule has 2 aromatic carbocycles. The second-order valence-corrected chi connectivity index (χ2v) is 25.1. The highest BCUT2D eigenvalue weighted by Crippen LogP contribution is 2.24. The summed E-state index contributed by atoms with van der Waals surface area (Å²) >= 11 is 1.45. The van der Waals surface area contributed by atoms with Crippen molar-refractivity contribution in [3.05, 3.63) is 71.8 Å². The molecule has 0 aliphatic carbocycles. The number of amides is 13. The summed E-state index contributed by atoms with van der Waals surface area (Å²) < 4.78 is 0. The van der Waals surface area contributed by atoms with Gasteiger partial charge in [-0.05, 0) is 119 Å². The molecule has 4 rings (SSSR count). The van der Waals surface area contributed by atoms with Gasteiger partial charge in [-0.1, -0.05) is 74.5 Å². The van der Waals surface area contributed by atoms with Gasteiger partial charge in [-0.25, -0.2) is 0 Å². The topological polar surface area (TPSA) is 519 Å². The number of nitrogens with zero attached hydrogens (tertiary/aromatic N) is 3. The Bertz CT molecular complexity index is 2960. The van der Waals surface area contributed by atoms with Gasteiger partial charge in [0.1, 0.15) is 54.4 Å². The number of likely N-dealkylation sites (tertiary alicyclic amines) is 2. The Labute approximate surface area is 558 Å². The third-order valence-electron chi connectivity index (χ3n) is 16.0. The van der Waals surface area contributed by atoms with E-state index in [1.54, 1.807) is 60.7 Å². The highest BCUT2D eigenvalue weighted by atomic mass is 32.2. The Morgan fingerprint density at radius 1 is 0.537 bits per heavy atom. The second kappa shape index (κ2) is 41.0. The third-order valence-corrected chi connectivity index (χ3v) is 16.7. The molecule has 2 fully saturated rings. The van der Waals surface area contributed by atoms with Gasteiger partial charge >= 0.3 is 0 Å². The van der Waals surface area contributed by atoms with Crippen LogP contribution in [0.15, 0.2) is 65.7 Å². The minimum atomic E-state index is -1.64. The normalized spacial score (nSPS) is 16.8. The Hall–Kier alpha value is -8.91. The van der Waals surface area contributed by atoms with Gasteiger partial charge < -0.3 is 92.5 Å². The Kier molecular flexibility index (Phi) is 33.9. The molecule has 13 amide bonds. The van der Waals surface area contributed by atoms with Crippen LogP contribution in [-0.2, 0) is 75.2 Å². The number of aliphatic imine (C=N–C) groups is 1. The zero-order valence-electron chi connectivity index (χ0n) is 54.5. The first kappa shape index (κ1) is 78.5. The SMILES string of the molecule is CSCC[C@H](NC(=O)[C@H](CC(C)C)NC(=O)CNC(=O)[C@@H](Cc1ccccc1)NC(=O)[C@H](Cc1ccccc1)NC(=O)[C@@H](CCC(N)=O)NC(=O)[C@@H](CCC(N)=O)NC(=O)[C@@H]1CCCN1C(=O)[C@H](CCCCN)NC(=O)[C@H]1CCCN1C(=O)[C@@H](N)CCCN=C(N)N)C(N)=O. The predicted molar refractivity (Wildman–Crippen MR) is 356 cm³/mol. The molecular weight excluding hydrogens is 1250 g/mol. The van der Waals surface area contributed by atoms with E-state index < -0.39 is 169 Å². The van der Waals surface area contributed by atoms with Crippen LogP contribution >= 0.6 is 11.8 Å². The number of nitrogens with one attached hydrogen (secondary N) is 8. The number of guanidine groups is 1. The molecule has 32 heteroatoms. The average molecular weight is 1350 g/mol. The fourth-order valence-electron chi connectivity index (χ4n) is 11.0. The first-order chi connectivity index (χ1) is 45.2. The van der Waals surface area contributed by atoms with Crippen molar-refractivity contribution in [2.75, 3.05) is 44.7 Å². The van der Waals surface area contributed by atoms with Crippen LogP contribution in [0.4, 0.5) is 0 Å². The van der Waals surface area contributed by atoms with Crippen LogP contribution in [0, 0.1) is 5.92 Å². The van der Waals surface area contributed by atoms with Gasteiger partial charge in [0.25, 0.3) is 0 Å². The van der Waals surface area contributed by atoms with E-state index in [0.717, 1.165) is 0 Å². The molecule has 0 spiro atoms. The largest absolute Gasteiger partial charge is 0.370 e. The summed E-state index contributed by atoms with van der Waals surface area (Å²) in [5.41, 5.74) is 40.6. The van der Waals surface area contributed by atoms with Crippen molar-refractivity contribution >= 4 is 94.5 Å². The Morgan fingerprint density at radius 3 is 1.51 bits per heavy atom. The van der Waals surface area contributed by atoms with Crippen LogP contribution < -0.4 is 82.7 Å². The van der Waals surface area contributed by atoms with E-state index >= 15 is 0 Å². The number of nitrogens with two attached hydrogens (primary N) is 7. The standard InChI is InChI=1S/C63H98N18O13S/c1-37(2)33-45(57(89)74-41(53(68)85)27-32-95-3)73-52(84)36-72-54(86)46(34-38-15-6-4-7-16-38)78-58(90)47(35-39-17-8-5-9-18-39)79-56(88)42(23-25-50(66)82)75-55(87)43(24-26-51(67)83)76-59(91)49-22-14-31-81(49)62(94)44(20-10-11-28-64)77-60(92)48-21-13-30-80(48)61(93)40(65)19-12-29-71-63(69)70/h4-9,15-18,37,40-49H,10-14,19-36,64-65H2,1-3H3,(H2,66,82)(H2,67,83)(H2,68,85)(H,72,86)(H,73,84)(H,74,89)(H,75,87)(H,76,91)(H,77,92)(H,78,90)(H,79,88)(H4,69,70,71)/t40-,41-,42+,43+,44-,45-,46+,47-,48+,49-/m0/s1. The summed E-state index contributed by atoms with van der Waals surface area (Å²) in [5, 5.41) is 21.1. The minimum Gasteiger partial charge on any atom is -0.370 e. The summed E-state index contributed by atoms with van der Waals surface area (Å²) in [6.07, 6.45) is 3.12. The van der Waals surface area contributed by atoms with E-state index in [9.17, 15) is 62.3 Å². The first-order valence-corrected chi connectivity index (χ1v) is 33.6. The van der Waals surface area contributed by atoms with Gasteiger partial charge in [-0.15, -0.1) is 0 Å². The van der Waals surface area contributed by atoms with E-state index in [4.69, 9.17) is 40.1 Å². The number of thioether (sulfide) groups is 1. The average Bonchev–Trinajstić information content (AvgIpc) is 1.74. The van der Waals surface area contributed by atoms with Crippen LogP contribution in [0.5, 0.6) is 0 Å². The highest BCUT2D eigenvalue weighted by Gasteiger charge is 2.42. The molecule has 2 saturated heterocycles. The lowest BCUT2D eigenvalue weighted by molar-refractivity contribution is -0.144. The van der Waals surface area contributed by atoms with E-state index in [1.165, 1.54) is 21.6 Å². The Balaban J connectivity index is 1.56. The van der Waals surface area contributed by atoms with Crippen LogP contribution in [0.1, 0.15) is 121 Å². The van der Waals surface area contributed by atoms with Crippen molar-refractivity contribution in [2.24, 2.45) is 51.0 Å². The number of unbranched alkanes of at least 4 members (excludes halogenated alkanes) is 1. The maximum Gasteiger partial charge on any atom is 0.245 e. The molecule has 524 valence electrons. The van der Waals surface area contributed by atoms with Gasteiger partial charge in [0.2, 0.25) is 76.8 Å². The lowest BCUT2D eigenvalue weighted by Crippen LogP contribution is -2.60. The molecule has 2 heterocycles. The maximum absolute atomic E-state index is 14.7. The molecule has 22 N–H and O–H groups in total. The van der Waals surface area contributed by atoms with E-state index in [-0.39, 0.29) is 83.0 Å². The quantitative estimate of drug-likeness (QED) is 0.0173. The minimum absolute atomic E-state index is 0.0736. The second-order valence-electron chi connectivity index (χ2n) is 24.1. The lowest BCUT2D eigenvalue weighted by atomic mass is 10.0. The Morgan fingerprint density at radius 2 is 1.01 bits per heavy atom. The van der Waals surface area contributed by atoms with E-state index in [0.29, 0.717) is 55.4 Å². The molecule has 95 heavy (non-hydrogen) atoms. The fourth-order valence-corrected chi connectivity index (χ4v) is 11.5. The zero-order valence-corrected chi connectivity index (χ0v) is 55.3. The van der Waals surface area contributed by atoms with Gasteiger partial charge in [-0.3, -0.25) is 67.3 Å². The van der Waals surface area contributed by atoms with Crippen molar-refractivity contribution in [3.8, 4) is 0 Å². The summed E-state index contributed by atoms with van der Waals surface area (Å²) in [6.45, 7) is 3.86. The monoisotopic (exact) mass is 1350 g/mol. The highest BCUT2D eigenvalue weighted by molar-refractivity contribution is 7.98. The van der Waals surface area contributed by atoms with Crippen molar-refractivity contribution in [1.29, 1.82) is 0 Å². The van der Waals surface area contributed by atoms with E-state index in [1.807, 2.05) is 20.1 Å². The van der Waals surface area contributed by atoms with Crippen molar-refractivity contribution in [3.63, 3.8) is 0 Å². The van der Waals surface area contributed by atoms with E-state index in [2.05, 4.69) is 47.5 Å². The zero-order chi connectivity index (χ0) is 70.1. The van der Waals surface area contributed by atoms with Crippen molar-refractivity contribution in [1.82, 2.24) is 52.3 Å². The number of primary amides is 3. The first-order valence-electron chi connectivity index (χ1n) is 32.2.